The molecule has 0 radical (unpaired) electrons. The van der Waals surface area contributed by atoms with Crippen molar-refractivity contribution >= 4 is 17.5 Å². The third kappa shape index (κ3) is 3.21. The highest BCUT2D eigenvalue weighted by Crippen LogP contribution is 2.34. The first-order valence-corrected chi connectivity index (χ1v) is 9.35. The quantitative estimate of drug-likeness (QED) is 0.882. The van der Waals surface area contributed by atoms with E-state index in [4.69, 9.17) is 0 Å². The van der Waals surface area contributed by atoms with Crippen LogP contribution < -0.4 is 10.2 Å². The maximum atomic E-state index is 13.7. The van der Waals surface area contributed by atoms with E-state index < -0.39 is 11.6 Å². The van der Waals surface area contributed by atoms with Crippen molar-refractivity contribution in [3.8, 4) is 0 Å². The molecule has 2 amide bonds. The van der Waals surface area contributed by atoms with Crippen LogP contribution in [0.1, 0.15) is 45.5 Å². The molecule has 1 fully saturated rings. The Labute approximate surface area is 161 Å². The fraction of sp³-hybridized carbons (Fsp3) is 0.333. The van der Waals surface area contributed by atoms with Crippen LogP contribution in [0.15, 0.2) is 36.4 Å². The normalized spacial score (nSPS) is 18.5. The van der Waals surface area contributed by atoms with E-state index in [0.717, 1.165) is 43.6 Å². The van der Waals surface area contributed by atoms with Crippen LogP contribution in [0.4, 0.5) is 14.5 Å². The molecule has 0 aromatic heterocycles. The molecule has 2 aliphatic heterocycles. The molecule has 2 aliphatic rings. The Bertz CT molecular complexity index is 947. The van der Waals surface area contributed by atoms with Crippen molar-refractivity contribution in [3.05, 3.63) is 64.7 Å². The number of nitrogens with one attached hydrogen (secondary N) is 1. The van der Waals surface area contributed by atoms with E-state index in [0.29, 0.717) is 11.1 Å². The van der Waals surface area contributed by atoms with Crippen molar-refractivity contribution in [2.45, 2.75) is 32.0 Å². The summed E-state index contributed by atoms with van der Waals surface area (Å²) in [5.74, 6) is -1.74. The first-order chi connectivity index (χ1) is 13.5. The number of halogens is 2. The number of piperidine rings is 1. The number of carbonyl (C=O) groups is 2. The van der Waals surface area contributed by atoms with Crippen LogP contribution >= 0.6 is 0 Å². The van der Waals surface area contributed by atoms with E-state index >= 15 is 0 Å². The van der Waals surface area contributed by atoms with Gasteiger partial charge in [-0.25, -0.2) is 8.78 Å². The molecule has 28 heavy (non-hydrogen) atoms. The molecular formula is C21H21F2N3O2. The largest absolute Gasteiger partial charge is 0.354 e. The van der Waals surface area contributed by atoms with Crippen LogP contribution in [0.2, 0.25) is 0 Å². The van der Waals surface area contributed by atoms with Gasteiger partial charge in [0.25, 0.3) is 11.8 Å². The van der Waals surface area contributed by atoms with Crippen LogP contribution in [0.3, 0.4) is 0 Å². The molecule has 0 saturated carbocycles. The predicted molar refractivity (Wildman–Crippen MR) is 101 cm³/mol. The van der Waals surface area contributed by atoms with Crippen LogP contribution in [-0.4, -0.2) is 36.5 Å². The van der Waals surface area contributed by atoms with Crippen LogP contribution in [0.5, 0.6) is 0 Å². The van der Waals surface area contributed by atoms with Gasteiger partial charge in [0, 0.05) is 37.3 Å². The van der Waals surface area contributed by atoms with E-state index in [1.165, 1.54) is 6.07 Å². The fourth-order valence-corrected chi connectivity index (χ4v) is 3.96. The van der Waals surface area contributed by atoms with Crippen LogP contribution in [0, 0.1) is 11.6 Å². The van der Waals surface area contributed by atoms with Crippen LogP contribution in [-0.2, 0) is 6.54 Å². The summed E-state index contributed by atoms with van der Waals surface area (Å²) in [6.07, 6.45) is 2.99. The summed E-state index contributed by atoms with van der Waals surface area (Å²) in [5.41, 5.74) is 1.92. The minimum atomic E-state index is -0.700. The summed E-state index contributed by atoms with van der Waals surface area (Å²) in [7, 11) is 1.93. The SMILES string of the molecule is CN1c2cc(C(=O)NCc3ccc(F)cc3F)ccc2C(=O)N2CCCC[C@@H]21. The molecule has 0 bridgehead atoms. The Morgan fingerprint density at radius 2 is 2.00 bits per heavy atom. The van der Waals surface area contributed by atoms with E-state index in [9.17, 15) is 18.4 Å². The number of nitrogens with zero attached hydrogens (tertiary/aromatic N) is 2. The van der Waals surface area contributed by atoms with E-state index in [1.807, 2.05) is 16.8 Å². The first kappa shape index (κ1) is 18.4. The molecule has 146 valence electrons. The van der Waals surface area contributed by atoms with Gasteiger partial charge >= 0.3 is 0 Å². The highest BCUT2D eigenvalue weighted by molar-refractivity contribution is 6.04. The standard InChI is InChI=1S/C21H21F2N3O2/c1-25-18-10-13(20(27)24-12-14-5-7-15(22)11-17(14)23)6-8-16(18)21(28)26-9-3-2-4-19(25)26/h5-8,10-11,19H,2-4,9,12H2,1H3,(H,24,27)/t19-/m1/s1. The zero-order chi connectivity index (χ0) is 19.8. The summed E-state index contributed by atoms with van der Waals surface area (Å²) in [5, 5.41) is 2.65. The van der Waals surface area contributed by atoms with Gasteiger partial charge in [-0.15, -0.1) is 0 Å². The number of carbonyl (C=O) groups excluding carboxylic acids is 2. The van der Waals surface area contributed by atoms with Crippen molar-refractivity contribution in [1.29, 1.82) is 0 Å². The second kappa shape index (κ2) is 7.22. The smallest absolute Gasteiger partial charge is 0.257 e. The lowest BCUT2D eigenvalue weighted by atomic mass is 9.97. The predicted octanol–water partition coefficient (Wildman–Crippen LogP) is 3.30. The Hall–Kier alpha value is -2.96. The van der Waals surface area contributed by atoms with Gasteiger partial charge in [-0.05, 0) is 43.5 Å². The van der Waals surface area contributed by atoms with Gasteiger partial charge in [0.15, 0.2) is 0 Å². The molecule has 2 aromatic carbocycles. The van der Waals surface area contributed by atoms with Crippen molar-refractivity contribution in [1.82, 2.24) is 10.2 Å². The van der Waals surface area contributed by atoms with Gasteiger partial charge in [0.2, 0.25) is 0 Å². The molecule has 0 spiro atoms. The van der Waals surface area contributed by atoms with Gasteiger partial charge < -0.3 is 15.1 Å². The van der Waals surface area contributed by atoms with Crippen molar-refractivity contribution in [2.75, 3.05) is 18.5 Å². The number of anilines is 1. The van der Waals surface area contributed by atoms with E-state index in [1.54, 1.807) is 18.2 Å². The van der Waals surface area contributed by atoms with Gasteiger partial charge in [0.05, 0.1) is 11.3 Å². The Kier molecular flexibility index (Phi) is 4.75. The molecule has 2 aromatic rings. The van der Waals surface area contributed by atoms with Gasteiger partial charge in [0.1, 0.15) is 17.8 Å². The second-order valence-corrected chi connectivity index (χ2v) is 7.24. The van der Waals surface area contributed by atoms with E-state index in [2.05, 4.69) is 5.32 Å². The summed E-state index contributed by atoms with van der Waals surface area (Å²) in [6.45, 7) is 0.700. The van der Waals surface area contributed by atoms with Gasteiger partial charge in [-0.1, -0.05) is 6.07 Å². The number of benzene rings is 2. The monoisotopic (exact) mass is 385 g/mol. The number of fused-ring (bicyclic) bond motifs is 2. The molecule has 2 heterocycles. The lowest BCUT2D eigenvalue weighted by molar-refractivity contribution is 0.0589. The lowest BCUT2D eigenvalue weighted by Crippen LogP contribution is -2.55. The molecular weight excluding hydrogens is 364 g/mol. The maximum Gasteiger partial charge on any atom is 0.257 e. The second-order valence-electron chi connectivity index (χ2n) is 7.24. The highest BCUT2D eigenvalue weighted by Gasteiger charge is 2.37. The Morgan fingerprint density at radius 1 is 1.18 bits per heavy atom. The zero-order valence-corrected chi connectivity index (χ0v) is 15.5. The Morgan fingerprint density at radius 3 is 2.79 bits per heavy atom. The molecule has 4 rings (SSSR count). The minimum Gasteiger partial charge on any atom is -0.354 e. The minimum absolute atomic E-state index is 0.00172. The maximum absolute atomic E-state index is 13.7. The van der Waals surface area contributed by atoms with Crippen molar-refractivity contribution in [2.24, 2.45) is 0 Å². The van der Waals surface area contributed by atoms with Gasteiger partial charge in [-0.3, -0.25) is 9.59 Å². The summed E-state index contributed by atoms with van der Waals surface area (Å²) >= 11 is 0. The molecule has 7 heteroatoms. The number of amides is 2. The zero-order valence-electron chi connectivity index (χ0n) is 15.5. The average Bonchev–Trinajstić information content (AvgIpc) is 2.71. The number of rotatable bonds is 3. The van der Waals surface area contributed by atoms with E-state index in [-0.39, 0.29) is 30.1 Å². The van der Waals surface area contributed by atoms with Gasteiger partial charge in [-0.2, -0.15) is 0 Å². The molecule has 0 aliphatic carbocycles. The third-order valence-corrected chi connectivity index (χ3v) is 5.50. The first-order valence-electron chi connectivity index (χ1n) is 9.35. The summed E-state index contributed by atoms with van der Waals surface area (Å²) < 4.78 is 26.7. The number of hydrogen-bond acceptors (Lipinski definition) is 3. The highest BCUT2D eigenvalue weighted by atomic mass is 19.1. The topological polar surface area (TPSA) is 52.7 Å². The fourth-order valence-electron chi connectivity index (χ4n) is 3.96. The number of hydrogen-bond donors (Lipinski definition) is 1. The third-order valence-electron chi connectivity index (χ3n) is 5.50. The van der Waals surface area contributed by atoms with Crippen molar-refractivity contribution in [3.63, 3.8) is 0 Å². The molecule has 5 nitrogen and oxygen atoms in total. The molecule has 1 saturated heterocycles. The lowest BCUT2D eigenvalue weighted by Gasteiger charge is -2.46. The molecule has 1 N–H and O–H groups in total. The van der Waals surface area contributed by atoms with Crippen molar-refractivity contribution < 1.29 is 18.4 Å². The summed E-state index contributed by atoms with van der Waals surface area (Å²) in [6, 6.07) is 8.23. The molecule has 0 unspecified atom stereocenters. The average molecular weight is 385 g/mol. The Balaban J connectivity index is 1.54. The van der Waals surface area contributed by atoms with Crippen LogP contribution in [0.25, 0.3) is 0 Å². The summed E-state index contributed by atoms with van der Waals surface area (Å²) in [4.78, 5) is 29.3. The molecule has 1 atom stereocenters.